The number of aryl methyl sites for hydroxylation is 2. The number of amides is 2. The van der Waals surface area contributed by atoms with Crippen LogP contribution in [0.3, 0.4) is 0 Å². The van der Waals surface area contributed by atoms with Gasteiger partial charge in [-0.15, -0.1) is 0 Å². The summed E-state index contributed by atoms with van der Waals surface area (Å²) in [5.41, 5.74) is 8.20. The Morgan fingerprint density at radius 2 is 1.56 bits per heavy atom. The normalized spacial score (nSPS) is 10.9. The number of hydrogen-bond donors (Lipinski definition) is 2. The minimum Gasteiger partial charge on any atom is -0.489 e. The minimum absolute atomic E-state index is 0.145. The molecule has 0 radical (unpaired) electrons. The van der Waals surface area contributed by atoms with Gasteiger partial charge >= 0.3 is 11.5 Å². The van der Waals surface area contributed by atoms with Crippen molar-refractivity contribution in [3.8, 4) is 5.75 Å². The molecule has 36 heavy (non-hydrogen) atoms. The van der Waals surface area contributed by atoms with E-state index in [0.29, 0.717) is 28.0 Å². The van der Waals surface area contributed by atoms with E-state index in [0.717, 1.165) is 21.9 Å². The first-order valence-electron chi connectivity index (χ1n) is 11.2. The van der Waals surface area contributed by atoms with Crippen molar-refractivity contribution in [3.63, 3.8) is 0 Å². The molecule has 8 nitrogen and oxygen atoms in total. The van der Waals surface area contributed by atoms with Crippen LogP contribution in [0.1, 0.15) is 37.6 Å². The highest BCUT2D eigenvalue weighted by molar-refractivity contribution is 6.01. The van der Waals surface area contributed by atoms with Crippen LogP contribution in [0.2, 0.25) is 0 Å². The first-order valence-corrected chi connectivity index (χ1v) is 11.2. The fraction of sp³-hybridized carbons (Fsp3) is 0.107. The van der Waals surface area contributed by atoms with Gasteiger partial charge in [-0.2, -0.15) is 0 Å². The molecule has 5 rings (SSSR count). The summed E-state index contributed by atoms with van der Waals surface area (Å²) >= 11 is 0. The number of nitrogens with one attached hydrogen (secondary N) is 2. The first kappa shape index (κ1) is 22.9. The van der Waals surface area contributed by atoms with Gasteiger partial charge in [-0.25, -0.2) is 4.79 Å². The number of fused-ring (bicyclic) bond motifs is 2. The van der Waals surface area contributed by atoms with E-state index in [2.05, 4.69) is 10.9 Å². The zero-order valence-electron chi connectivity index (χ0n) is 19.6. The number of ether oxygens (including phenoxy) is 1. The van der Waals surface area contributed by atoms with Crippen molar-refractivity contribution in [2.45, 2.75) is 20.5 Å². The molecule has 2 N–H and O–H groups in total. The van der Waals surface area contributed by atoms with Crippen LogP contribution in [0.15, 0.2) is 86.4 Å². The second-order valence-electron chi connectivity index (χ2n) is 8.35. The topological polar surface area (TPSA) is 111 Å². The van der Waals surface area contributed by atoms with Gasteiger partial charge in [0.1, 0.15) is 23.5 Å². The summed E-state index contributed by atoms with van der Waals surface area (Å²) in [5, 5.41) is 1.69. The standard InChI is InChI=1S/C28H22N2O6/c1-16-13-25(31)35-24-14-20(11-12-21(16)24)34-15-18-7-9-19(10-8-18)27(32)29-30-28(33)26-17(2)22-5-3-4-6-23(22)36-26/h3-14H,15H2,1-2H3,(H,29,32)(H,30,33). The van der Waals surface area contributed by atoms with Crippen LogP contribution in [0.5, 0.6) is 5.75 Å². The maximum atomic E-state index is 12.5. The third-order valence-electron chi connectivity index (χ3n) is 5.88. The van der Waals surface area contributed by atoms with E-state index in [-0.39, 0.29) is 12.4 Å². The lowest BCUT2D eigenvalue weighted by Crippen LogP contribution is -2.41. The first-order chi connectivity index (χ1) is 17.4. The smallest absolute Gasteiger partial charge is 0.336 e. The Hall–Kier alpha value is -4.85. The monoisotopic (exact) mass is 482 g/mol. The molecular formula is C28H22N2O6. The van der Waals surface area contributed by atoms with E-state index in [1.165, 1.54) is 6.07 Å². The molecule has 2 heterocycles. The molecule has 3 aromatic carbocycles. The van der Waals surface area contributed by atoms with Gasteiger partial charge < -0.3 is 13.6 Å². The zero-order chi connectivity index (χ0) is 25.2. The molecule has 0 saturated heterocycles. The van der Waals surface area contributed by atoms with Gasteiger partial charge in [-0.05, 0) is 55.3 Å². The molecule has 0 bridgehead atoms. The lowest BCUT2D eigenvalue weighted by atomic mass is 10.1. The van der Waals surface area contributed by atoms with Crippen LogP contribution in [0.4, 0.5) is 0 Å². The Labute approximate surface area is 205 Å². The Morgan fingerprint density at radius 1 is 0.806 bits per heavy atom. The third kappa shape index (κ3) is 4.56. The highest BCUT2D eigenvalue weighted by Gasteiger charge is 2.18. The van der Waals surface area contributed by atoms with E-state index in [1.807, 2.05) is 37.3 Å². The van der Waals surface area contributed by atoms with Crippen LogP contribution in [-0.4, -0.2) is 11.8 Å². The van der Waals surface area contributed by atoms with Crippen LogP contribution in [-0.2, 0) is 6.61 Å². The predicted octanol–water partition coefficient (Wildman–Crippen LogP) is 4.81. The fourth-order valence-electron chi connectivity index (χ4n) is 3.95. The minimum atomic E-state index is -0.538. The molecule has 2 aromatic heterocycles. The Bertz CT molecular complexity index is 1660. The van der Waals surface area contributed by atoms with E-state index in [1.54, 1.807) is 43.3 Å². The Balaban J connectivity index is 1.19. The van der Waals surface area contributed by atoms with Gasteiger partial charge in [0.05, 0.1) is 0 Å². The summed E-state index contributed by atoms with van der Waals surface area (Å²) in [5.74, 6) is -0.304. The molecule has 0 aliphatic heterocycles. The summed E-state index contributed by atoms with van der Waals surface area (Å²) in [6, 6.07) is 20.9. The van der Waals surface area contributed by atoms with Crippen molar-refractivity contribution < 1.29 is 23.2 Å². The molecule has 2 amide bonds. The maximum Gasteiger partial charge on any atom is 0.336 e. The number of benzene rings is 3. The Kier molecular flexibility index (Phi) is 6.00. The molecule has 0 unspecified atom stereocenters. The summed E-state index contributed by atoms with van der Waals surface area (Å²) in [7, 11) is 0. The molecule has 0 saturated carbocycles. The quantitative estimate of drug-likeness (QED) is 0.275. The second-order valence-corrected chi connectivity index (χ2v) is 8.35. The highest BCUT2D eigenvalue weighted by Crippen LogP contribution is 2.25. The van der Waals surface area contributed by atoms with Gasteiger partial charge in [0.25, 0.3) is 5.91 Å². The second kappa shape index (κ2) is 9.42. The van der Waals surface area contributed by atoms with E-state index in [9.17, 15) is 14.4 Å². The van der Waals surface area contributed by atoms with Gasteiger partial charge in [-0.3, -0.25) is 20.4 Å². The summed E-state index contributed by atoms with van der Waals surface area (Å²) in [4.78, 5) is 36.6. The van der Waals surface area contributed by atoms with Gasteiger partial charge in [0, 0.05) is 34.0 Å². The van der Waals surface area contributed by atoms with Crippen LogP contribution < -0.4 is 21.2 Å². The number of carbonyl (C=O) groups excluding carboxylic acids is 2. The van der Waals surface area contributed by atoms with Crippen molar-refractivity contribution in [1.29, 1.82) is 0 Å². The van der Waals surface area contributed by atoms with Crippen molar-refractivity contribution in [1.82, 2.24) is 10.9 Å². The van der Waals surface area contributed by atoms with E-state index < -0.39 is 17.4 Å². The van der Waals surface area contributed by atoms with Crippen molar-refractivity contribution in [3.05, 3.63) is 111 Å². The van der Waals surface area contributed by atoms with E-state index >= 15 is 0 Å². The van der Waals surface area contributed by atoms with E-state index in [4.69, 9.17) is 13.6 Å². The third-order valence-corrected chi connectivity index (χ3v) is 5.88. The molecule has 0 fully saturated rings. The molecule has 0 atom stereocenters. The van der Waals surface area contributed by atoms with Crippen molar-refractivity contribution in [2.24, 2.45) is 0 Å². The Morgan fingerprint density at radius 3 is 2.33 bits per heavy atom. The van der Waals surface area contributed by atoms with Crippen LogP contribution in [0.25, 0.3) is 21.9 Å². The summed E-state index contributed by atoms with van der Waals surface area (Å²) in [6.07, 6.45) is 0. The predicted molar refractivity (Wildman–Crippen MR) is 134 cm³/mol. The number of hydrogen-bond acceptors (Lipinski definition) is 6. The molecule has 0 spiro atoms. The molecule has 180 valence electrons. The van der Waals surface area contributed by atoms with Gasteiger partial charge in [-0.1, -0.05) is 30.3 Å². The molecule has 0 aliphatic carbocycles. The van der Waals surface area contributed by atoms with Crippen molar-refractivity contribution in [2.75, 3.05) is 0 Å². The zero-order valence-corrected chi connectivity index (χ0v) is 19.6. The highest BCUT2D eigenvalue weighted by atomic mass is 16.5. The van der Waals surface area contributed by atoms with Crippen molar-refractivity contribution >= 4 is 33.8 Å². The largest absolute Gasteiger partial charge is 0.489 e. The van der Waals surface area contributed by atoms with Crippen LogP contribution >= 0.6 is 0 Å². The molecular weight excluding hydrogens is 460 g/mol. The number of para-hydroxylation sites is 1. The number of rotatable bonds is 5. The average Bonchev–Trinajstić information content (AvgIpc) is 3.22. The lowest BCUT2D eigenvalue weighted by Gasteiger charge is -2.09. The number of furan rings is 1. The maximum absolute atomic E-state index is 12.5. The summed E-state index contributed by atoms with van der Waals surface area (Å²) < 4.78 is 16.7. The fourth-order valence-corrected chi connectivity index (χ4v) is 3.95. The van der Waals surface area contributed by atoms with Gasteiger partial charge in [0.2, 0.25) is 0 Å². The summed E-state index contributed by atoms with van der Waals surface area (Å²) in [6.45, 7) is 3.90. The van der Waals surface area contributed by atoms with Gasteiger partial charge in [0.15, 0.2) is 5.76 Å². The SMILES string of the molecule is Cc1cc(=O)oc2cc(OCc3ccc(C(=O)NNC(=O)c4oc5ccccc5c4C)cc3)ccc12. The number of hydrazine groups is 1. The average molecular weight is 482 g/mol. The number of carbonyl (C=O) groups is 2. The van der Waals surface area contributed by atoms with Crippen LogP contribution in [0, 0.1) is 13.8 Å². The molecule has 5 aromatic rings. The lowest BCUT2D eigenvalue weighted by molar-refractivity contribution is 0.0831. The molecule has 8 heteroatoms. The molecule has 0 aliphatic rings.